The van der Waals surface area contributed by atoms with Gasteiger partial charge in [-0.3, -0.25) is 4.90 Å². The second-order valence-electron chi connectivity index (χ2n) is 3.95. The Hall–Kier alpha value is -0.650. The maximum absolute atomic E-state index is 4.37. The van der Waals surface area contributed by atoms with Crippen molar-refractivity contribution < 1.29 is 0 Å². The van der Waals surface area contributed by atoms with Crippen molar-refractivity contribution in [2.75, 3.05) is 6.54 Å². The number of aromatic nitrogens is 2. The molecule has 0 aromatic carbocycles. The summed E-state index contributed by atoms with van der Waals surface area (Å²) in [5.74, 6) is 1.18. The average molecular weight is 298 g/mol. The Morgan fingerprint density at radius 3 is 3.12 bits per heavy atom. The van der Waals surface area contributed by atoms with Gasteiger partial charge in [0.05, 0.1) is 10.3 Å². The summed E-state index contributed by atoms with van der Waals surface area (Å²) in [6.07, 6.45) is 3.95. The minimum Gasteiger partial charge on any atom is -0.333 e. The van der Waals surface area contributed by atoms with Gasteiger partial charge < -0.3 is 4.57 Å². The van der Waals surface area contributed by atoms with Crippen LogP contribution in [0.1, 0.15) is 10.7 Å². The molecule has 2 aromatic heterocycles. The molecular weight excluding hydrogens is 286 g/mol. The number of halogens is 1. The monoisotopic (exact) mass is 297 g/mol. The zero-order chi connectivity index (χ0) is 11.0. The first-order chi connectivity index (χ1) is 7.81. The maximum atomic E-state index is 4.37. The molecule has 0 amide bonds. The molecular formula is C11H12BrN3S. The van der Waals surface area contributed by atoms with Crippen molar-refractivity contribution in [3.05, 3.63) is 39.0 Å². The van der Waals surface area contributed by atoms with Crippen LogP contribution in [0.15, 0.2) is 28.3 Å². The van der Waals surface area contributed by atoms with Gasteiger partial charge in [0, 0.05) is 36.9 Å². The summed E-state index contributed by atoms with van der Waals surface area (Å²) in [5, 5.41) is 0. The molecule has 16 heavy (non-hydrogen) atoms. The minimum absolute atomic E-state index is 0.961. The molecule has 0 N–H and O–H groups in total. The number of fused-ring (bicyclic) bond motifs is 1. The van der Waals surface area contributed by atoms with Crippen LogP contribution in [0.3, 0.4) is 0 Å². The minimum atomic E-state index is 0.961. The van der Waals surface area contributed by atoms with E-state index in [9.17, 15) is 0 Å². The van der Waals surface area contributed by atoms with Crippen LogP contribution >= 0.6 is 27.3 Å². The standard InChI is InChI=1S/C11H12BrN3S/c12-10-2-1-9(16-10)7-14-5-6-15-4-3-13-11(15)8-14/h1-4H,5-8H2. The quantitative estimate of drug-likeness (QED) is 0.850. The largest absolute Gasteiger partial charge is 0.333 e. The molecule has 0 atom stereocenters. The number of thiophene rings is 1. The summed E-state index contributed by atoms with van der Waals surface area (Å²) >= 11 is 5.31. The van der Waals surface area contributed by atoms with Gasteiger partial charge in [0.2, 0.25) is 0 Å². The van der Waals surface area contributed by atoms with E-state index in [1.807, 2.05) is 17.5 Å². The Labute approximate surface area is 107 Å². The molecule has 3 heterocycles. The zero-order valence-electron chi connectivity index (χ0n) is 8.77. The van der Waals surface area contributed by atoms with Crippen molar-refractivity contribution in [3.8, 4) is 0 Å². The molecule has 1 aliphatic rings. The van der Waals surface area contributed by atoms with Crippen molar-refractivity contribution in [2.24, 2.45) is 0 Å². The van der Waals surface area contributed by atoms with Crippen LogP contribution in [0.5, 0.6) is 0 Å². The fourth-order valence-corrected chi connectivity index (χ4v) is 3.54. The summed E-state index contributed by atoms with van der Waals surface area (Å²) in [5.41, 5.74) is 0. The van der Waals surface area contributed by atoms with Crippen molar-refractivity contribution >= 4 is 27.3 Å². The molecule has 0 aliphatic carbocycles. The zero-order valence-corrected chi connectivity index (χ0v) is 11.2. The van der Waals surface area contributed by atoms with Crippen LogP contribution in [0.2, 0.25) is 0 Å². The van der Waals surface area contributed by atoms with E-state index in [0.717, 1.165) is 26.2 Å². The lowest BCUT2D eigenvalue weighted by molar-refractivity contribution is 0.210. The van der Waals surface area contributed by atoms with Crippen LogP contribution in [-0.2, 0) is 19.6 Å². The van der Waals surface area contributed by atoms with Crippen molar-refractivity contribution in [1.29, 1.82) is 0 Å². The van der Waals surface area contributed by atoms with Gasteiger partial charge in [-0.05, 0) is 28.1 Å². The van der Waals surface area contributed by atoms with Gasteiger partial charge in [-0.25, -0.2) is 4.98 Å². The third-order valence-electron chi connectivity index (χ3n) is 2.83. The van der Waals surface area contributed by atoms with Crippen molar-refractivity contribution in [2.45, 2.75) is 19.6 Å². The van der Waals surface area contributed by atoms with Crippen LogP contribution in [-0.4, -0.2) is 21.0 Å². The summed E-state index contributed by atoms with van der Waals surface area (Å²) in [4.78, 5) is 8.22. The Morgan fingerprint density at radius 1 is 1.38 bits per heavy atom. The highest BCUT2D eigenvalue weighted by Crippen LogP contribution is 2.24. The third kappa shape index (κ3) is 2.07. The van der Waals surface area contributed by atoms with E-state index < -0.39 is 0 Å². The molecule has 2 aromatic rings. The summed E-state index contributed by atoms with van der Waals surface area (Å²) in [6.45, 7) is 4.16. The molecule has 0 spiro atoms. The van der Waals surface area contributed by atoms with E-state index in [-0.39, 0.29) is 0 Å². The molecule has 0 fully saturated rings. The number of imidazole rings is 1. The van der Waals surface area contributed by atoms with E-state index in [1.165, 1.54) is 14.5 Å². The normalized spacial score (nSPS) is 16.3. The van der Waals surface area contributed by atoms with E-state index in [2.05, 4.69) is 48.7 Å². The predicted octanol–water partition coefficient (Wildman–Crippen LogP) is 2.72. The second kappa shape index (κ2) is 4.31. The smallest absolute Gasteiger partial charge is 0.122 e. The number of hydrogen-bond acceptors (Lipinski definition) is 3. The van der Waals surface area contributed by atoms with Gasteiger partial charge in [-0.1, -0.05) is 0 Å². The van der Waals surface area contributed by atoms with E-state index >= 15 is 0 Å². The summed E-state index contributed by atoms with van der Waals surface area (Å²) in [7, 11) is 0. The van der Waals surface area contributed by atoms with Crippen LogP contribution in [0.4, 0.5) is 0 Å². The number of hydrogen-bond donors (Lipinski definition) is 0. The highest BCUT2D eigenvalue weighted by molar-refractivity contribution is 9.11. The maximum Gasteiger partial charge on any atom is 0.122 e. The SMILES string of the molecule is Brc1ccc(CN2CCn3ccnc3C2)s1. The highest BCUT2D eigenvalue weighted by atomic mass is 79.9. The number of nitrogens with zero attached hydrogens (tertiary/aromatic N) is 3. The van der Waals surface area contributed by atoms with Crippen LogP contribution in [0.25, 0.3) is 0 Å². The first-order valence-electron chi connectivity index (χ1n) is 5.28. The van der Waals surface area contributed by atoms with Gasteiger partial charge in [0.1, 0.15) is 5.82 Å². The van der Waals surface area contributed by atoms with E-state index in [1.54, 1.807) is 0 Å². The Kier molecular flexibility index (Phi) is 2.83. The highest BCUT2D eigenvalue weighted by Gasteiger charge is 2.16. The fourth-order valence-electron chi connectivity index (χ4n) is 2.02. The van der Waals surface area contributed by atoms with Crippen LogP contribution in [0, 0.1) is 0 Å². The molecule has 3 rings (SSSR count). The summed E-state index contributed by atoms with van der Waals surface area (Å²) in [6, 6.07) is 4.31. The average Bonchev–Trinajstić information content (AvgIpc) is 2.87. The predicted molar refractivity (Wildman–Crippen MR) is 68.4 cm³/mol. The second-order valence-corrected chi connectivity index (χ2v) is 6.50. The molecule has 0 saturated heterocycles. The molecule has 0 saturated carbocycles. The first kappa shape index (κ1) is 10.5. The lowest BCUT2D eigenvalue weighted by Gasteiger charge is -2.26. The number of rotatable bonds is 2. The van der Waals surface area contributed by atoms with Gasteiger partial charge in [-0.15, -0.1) is 11.3 Å². The van der Waals surface area contributed by atoms with Crippen molar-refractivity contribution in [3.63, 3.8) is 0 Å². The molecule has 0 radical (unpaired) electrons. The van der Waals surface area contributed by atoms with E-state index in [0.29, 0.717) is 0 Å². The Bertz CT molecular complexity index is 491. The topological polar surface area (TPSA) is 21.1 Å². The van der Waals surface area contributed by atoms with Crippen LogP contribution < -0.4 is 0 Å². The molecule has 0 bridgehead atoms. The van der Waals surface area contributed by atoms with Crippen molar-refractivity contribution in [1.82, 2.24) is 14.5 Å². The van der Waals surface area contributed by atoms with E-state index in [4.69, 9.17) is 0 Å². The molecule has 1 aliphatic heterocycles. The molecule has 5 heteroatoms. The Balaban J connectivity index is 1.70. The van der Waals surface area contributed by atoms with Gasteiger partial charge in [-0.2, -0.15) is 0 Å². The molecule has 3 nitrogen and oxygen atoms in total. The van der Waals surface area contributed by atoms with Gasteiger partial charge in [0.15, 0.2) is 0 Å². The third-order valence-corrected chi connectivity index (χ3v) is 4.44. The molecule has 0 unspecified atom stereocenters. The van der Waals surface area contributed by atoms with Gasteiger partial charge >= 0.3 is 0 Å². The Morgan fingerprint density at radius 2 is 2.31 bits per heavy atom. The fraction of sp³-hybridized carbons (Fsp3) is 0.364. The first-order valence-corrected chi connectivity index (χ1v) is 6.89. The summed E-state index contributed by atoms with van der Waals surface area (Å²) < 4.78 is 3.45. The lowest BCUT2D eigenvalue weighted by Crippen LogP contribution is -2.32. The molecule has 84 valence electrons. The van der Waals surface area contributed by atoms with Gasteiger partial charge in [0.25, 0.3) is 0 Å². The lowest BCUT2D eigenvalue weighted by atomic mass is 10.3.